The van der Waals surface area contributed by atoms with Gasteiger partial charge < -0.3 is 17.0 Å². The van der Waals surface area contributed by atoms with Crippen molar-refractivity contribution in [1.29, 1.82) is 0 Å². The number of hydrogen-bond donors (Lipinski definition) is 0. The van der Waals surface area contributed by atoms with Crippen molar-refractivity contribution in [1.82, 2.24) is 0 Å². The van der Waals surface area contributed by atoms with E-state index in [0.29, 0.717) is 0 Å². The minimum Gasteiger partial charge on any atom is -1.00 e. The van der Waals surface area contributed by atoms with Gasteiger partial charge in [-0.3, -0.25) is 0 Å². The first-order valence-electron chi connectivity index (χ1n) is 3.75. The van der Waals surface area contributed by atoms with Crippen LogP contribution in [-0.2, 0) is 0 Å². The van der Waals surface area contributed by atoms with Crippen molar-refractivity contribution in [2.75, 3.05) is 0 Å². The maximum Gasteiger partial charge on any atom is 2.00 e. The van der Waals surface area contributed by atoms with E-state index in [1.807, 2.05) is 0 Å². The maximum absolute atomic E-state index is 2.20. The molecular weight excluding hydrogens is 224 g/mol. The van der Waals surface area contributed by atoms with Crippen LogP contribution in [0.4, 0.5) is 0 Å². The van der Waals surface area contributed by atoms with Crippen LogP contribution in [0.5, 0.6) is 0 Å². The Bertz CT molecular complexity index is 181. The molecule has 0 spiro atoms. The maximum atomic E-state index is 2.20. The van der Waals surface area contributed by atoms with Gasteiger partial charge in [0.05, 0.1) is 0 Å². The first-order valence-corrected chi connectivity index (χ1v) is 3.75. The van der Waals surface area contributed by atoms with Gasteiger partial charge in [0.15, 0.2) is 0 Å². The molecule has 0 atom stereocenters. The van der Waals surface area contributed by atoms with E-state index in [4.69, 9.17) is 0 Å². The zero-order valence-corrected chi connectivity index (χ0v) is 11.6. The first kappa shape index (κ1) is 15.1. The van der Waals surface area contributed by atoms with Gasteiger partial charge in [0.25, 0.3) is 0 Å². The van der Waals surface area contributed by atoms with Crippen LogP contribution >= 0.6 is 0 Å². The molecule has 0 saturated carbocycles. The summed E-state index contributed by atoms with van der Waals surface area (Å²) in [6, 6.07) is 0. The SMILES string of the molecule is Cc1c(C)c(C)[c-](C)c1C.[Br-].[Mg+2]. The van der Waals surface area contributed by atoms with Crippen molar-refractivity contribution in [3.63, 3.8) is 0 Å². The van der Waals surface area contributed by atoms with Crippen molar-refractivity contribution < 1.29 is 17.0 Å². The molecule has 0 radical (unpaired) electrons. The van der Waals surface area contributed by atoms with Gasteiger partial charge >= 0.3 is 23.1 Å². The predicted octanol–water partition coefficient (Wildman–Crippen LogP) is -0.429. The molecule has 0 fully saturated rings. The quantitative estimate of drug-likeness (QED) is 0.426. The average Bonchev–Trinajstić information content (AvgIpc) is 2.07. The Morgan fingerprint density at radius 1 is 0.833 bits per heavy atom. The van der Waals surface area contributed by atoms with Crippen molar-refractivity contribution in [2.24, 2.45) is 0 Å². The Hall–Kier alpha value is 0.596. The Balaban J connectivity index is 0. The van der Waals surface area contributed by atoms with Crippen molar-refractivity contribution in [3.8, 4) is 0 Å². The standard InChI is InChI=1S/C10H15.BrH.Mg/c1-6-7(2)9(4)10(5)8(6)3;;/h1-5H3;1H;/q-1;;+2/p-1. The smallest absolute Gasteiger partial charge is 1.00 e. The van der Waals surface area contributed by atoms with Gasteiger partial charge in [0.2, 0.25) is 0 Å². The van der Waals surface area contributed by atoms with Crippen LogP contribution in [0, 0.1) is 34.6 Å². The summed E-state index contributed by atoms with van der Waals surface area (Å²) in [5.74, 6) is 0. The second kappa shape index (κ2) is 5.35. The molecule has 0 unspecified atom stereocenters. The van der Waals surface area contributed by atoms with Gasteiger partial charge in [0.1, 0.15) is 0 Å². The molecule has 12 heavy (non-hydrogen) atoms. The van der Waals surface area contributed by atoms with Gasteiger partial charge in [-0.05, 0) is 0 Å². The van der Waals surface area contributed by atoms with Crippen LogP contribution in [0.25, 0.3) is 0 Å². The molecule has 0 nitrogen and oxygen atoms in total. The Labute approximate surface area is 102 Å². The normalized spacial score (nSPS) is 8.75. The van der Waals surface area contributed by atoms with E-state index in [1.54, 1.807) is 0 Å². The summed E-state index contributed by atoms with van der Waals surface area (Å²) < 4.78 is 0. The second-order valence-electron chi connectivity index (χ2n) is 3.12. The molecule has 1 aromatic rings. The van der Waals surface area contributed by atoms with Crippen LogP contribution in [-0.4, -0.2) is 23.1 Å². The summed E-state index contributed by atoms with van der Waals surface area (Å²) in [7, 11) is 0. The van der Waals surface area contributed by atoms with E-state index in [2.05, 4.69) is 34.6 Å². The third-order valence-electron chi connectivity index (χ3n) is 2.81. The minimum absolute atomic E-state index is 0. The van der Waals surface area contributed by atoms with E-state index in [1.165, 1.54) is 27.8 Å². The average molecular weight is 239 g/mol. The zero-order valence-electron chi connectivity index (χ0n) is 8.59. The predicted molar refractivity (Wildman–Crippen MR) is 51.5 cm³/mol. The van der Waals surface area contributed by atoms with Gasteiger partial charge in [-0.25, -0.2) is 0 Å². The molecule has 2 heteroatoms. The summed E-state index contributed by atoms with van der Waals surface area (Å²) in [4.78, 5) is 0. The van der Waals surface area contributed by atoms with Crippen LogP contribution in [0.3, 0.4) is 0 Å². The molecule has 0 bridgehead atoms. The second-order valence-corrected chi connectivity index (χ2v) is 3.12. The zero-order chi connectivity index (χ0) is 7.89. The third-order valence-corrected chi connectivity index (χ3v) is 2.81. The van der Waals surface area contributed by atoms with E-state index in [9.17, 15) is 0 Å². The number of hydrogen-bond acceptors (Lipinski definition) is 0. The van der Waals surface area contributed by atoms with E-state index in [-0.39, 0.29) is 40.0 Å². The molecule has 1 aromatic carbocycles. The van der Waals surface area contributed by atoms with Crippen molar-refractivity contribution in [3.05, 3.63) is 27.8 Å². The summed E-state index contributed by atoms with van der Waals surface area (Å²) in [5.41, 5.74) is 7.34. The summed E-state index contributed by atoms with van der Waals surface area (Å²) >= 11 is 0. The monoisotopic (exact) mass is 238 g/mol. The fourth-order valence-electron chi connectivity index (χ4n) is 1.41. The molecule has 0 aromatic heterocycles. The van der Waals surface area contributed by atoms with Gasteiger partial charge in [-0.2, -0.15) is 27.8 Å². The van der Waals surface area contributed by atoms with Gasteiger partial charge in [-0.15, -0.1) is 0 Å². The minimum atomic E-state index is 0. The molecule has 64 valence electrons. The Morgan fingerprint density at radius 2 is 1.08 bits per heavy atom. The summed E-state index contributed by atoms with van der Waals surface area (Å²) in [5, 5.41) is 0. The molecule has 0 aliphatic rings. The molecule has 0 amide bonds. The number of rotatable bonds is 0. The third kappa shape index (κ3) is 2.30. The van der Waals surface area contributed by atoms with Crippen LogP contribution < -0.4 is 17.0 Å². The topological polar surface area (TPSA) is 0 Å². The van der Waals surface area contributed by atoms with Crippen molar-refractivity contribution >= 4 is 23.1 Å². The summed E-state index contributed by atoms with van der Waals surface area (Å²) in [6.07, 6.45) is 0. The van der Waals surface area contributed by atoms with Crippen LogP contribution in [0.1, 0.15) is 27.8 Å². The van der Waals surface area contributed by atoms with E-state index in [0.717, 1.165) is 0 Å². The molecule has 0 N–H and O–H groups in total. The van der Waals surface area contributed by atoms with Crippen molar-refractivity contribution in [2.45, 2.75) is 34.6 Å². The Kier molecular flexibility index (Phi) is 6.73. The largest absolute Gasteiger partial charge is 2.00 e. The van der Waals surface area contributed by atoms with Crippen LogP contribution in [0.2, 0.25) is 0 Å². The molecule has 0 heterocycles. The molecule has 0 saturated heterocycles. The van der Waals surface area contributed by atoms with Crippen LogP contribution in [0.15, 0.2) is 0 Å². The fraction of sp³-hybridized carbons (Fsp3) is 0.500. The van der Waals surface area contributed by atoms with Gasteiger partial charge in [0, 0.05) is 0 Å². The molecular formula is C10H15BrMg. The molecule has 0 aliphatic heterocycles. The molecule has 0 aliphatic carbocycles. The summed E-state index contributed by atoms with van der Waals surface area (Å²) in [6.45, 7) is 11.0. The first-order chi connectivity index (χ1) is 4.55. The van der Waals surface area contributed by atoms with Gasteiger partial charge in [-0.1, -0.05) is 34.6 Å². The van der Waals surface area contributed by atoms with E-state index >= 15 is 0 Å². The fourth-order valence-corrected chi connectivity index (χ4v) is 1.41. The van der Waals surface area contributed by atoms with E-state index < -0.39 is 0 Å². The Morgan fingerprint density at radius 3 is 1.17 bits per heavy atom. The number of halogens is 1. The molecule has 1 rings (SSSR count).